The number of H-pyrrole nitrogens is 1. The predicted octanol–water partition coefficient (Wildman–Crippen LogP) is 7.02. The van der Waals surface area contributed by atoms with Gasteiger partial charge in [0.15, 0.2) is 0 Å². The topological polar surface area (TPSA) is 66.9 Å². The molecule has 0 aliphatic carbocycles. The Kier molecular flexibility index (Phi) is 6.32. The van der Waals surface area contributed by atoms with Crippen LogP contribution in [0.15, 0.2) is 102 Å². The molecule has 0 unspecified atom stereocenters. The number of carbonyl (C=O) groups excluding carboxylic acids is 1. The van der Waals surface area contributed by atoms with Crippen LogP contribution in [0.3, 0.4) is 0 Å². The zero-order valence-corrected chi connectivity index (χ0v) is 20.6. The fraction of sp³-hybridized carbons (Fsp3) is 0.0667. The lowest BCUT2D eigenvalue weighted by molar-refractivity contribution is 0.102. The number of aryl methyl sites for hydroxylation is 2. The van der Waals surface area contributed by atoms with Gasteiger partial charge in [0.25, 0.3) is 11.5 Å². The monoisotopic (exact) mass is 493 g/mol. The van der Waals surface area contributed by atoms with Gasteiger partial charge in [-0.1, -0.05) is 71.3 Å². The molecule has 0 aliphatic heterocycles. The van der Waals surface area contributed by atoms with E-state index in [-0.39, 0.29) is 11.5 Å². The van der Waals surface area contributed by atoms with Crippen molar-refractivity contribution in [3.8, 4) is 28.1 Å². The van der Waals surface area contributed by atoms with E-state index >= 15 is 0 Å². The number of halogens is 1. The Hall–Kier alpha value is -4.35. The first kappa shape index (κ1) is 23.4. The highest BCUT2D eigenvalue weighted by molar-refractivity contribution is 6.30. The van der Waals surface area contributed by atoms with E-state index in [2.05, 4.69) is 10.4 Å². The summed E-state index contributed by atoms with van der Waals surface area (Å²) in [5, 5.41) is 6.85. The van der Waals surface area contributed by atoms with Crippen molar-refractivity contribution in [3.63, 3.8) is 0 Å². The van der Waals surface area contributed by atoms with E-state index < -0.39 is 0 Å². The summed E-state index contributed by atoms with van der Waals surface area (Å²) in [5.74, 6) is -0.286. The SMILES string of the molecule is Cc1ccc(-n2[nH]c(-c3cccc(C)c3)c(-c3ccccc3NC(=O)c3ccc(Cl)cc3)c2=O)cc1. The zero-order chi connectivity index (χ0) is 25.2. The quantitative estimate of drug-likeness (QED) is 0.276. The summed E-state index contributed by atoms with van der Waals surface area (Å²) in [7, 11) is 0. The van der Waals surface area contributed by atoms with Crippen LogP contribution in [0.2, 0.25) is 5.02 Å². The molecule has 5 nitrogen and oxygen atoms in total. The van der Waals surface area contributed by atoms with E-state index in [0.717, 1.165) is 22.4 Å². The fourth-order valence-electron chi connectivity index (χ4n) is 4.18. The van der Waals surface area contributed by atoms with Gasteiger partial charge in [-0.2, -0.15) is 0 Å². The number of nitrogens with zero attached hydrogens (tertiary/aromatic N) is 1. The number of benzene rings is 4. The smallest absolute Gasteiger partial charge is 0.279 e. The third-order valence-electron chi connectivity index (χ3n) is 6.04. The Morgan fingerprint density at radius 2 is 1.56 bits per heavy atom. The number of anilines is 1. The molecule has 0 aliphatic rings. The van der Waals surface area contributed by atoms with Crippen LogP contribution < -0.4 is 10.9 Å². The summed E-state index contributed by atoms with van der Waals surface area (Å²) >= 11 is 5.98. The van der Waals surface area contributed by atoms with Crippen LogP contribution in [0.25, 0.3) is 28.1 Å². The molecule has 0 atom stereocenters. The van der Waals surface area contributed by atoms with E-state index in [1.54, 1.807) is 35.0 Å². The number of rotatable bonds is 5. The number of hydrogen-bond acceptors (Lipinski definition) is 2. The fourth-order valence-corrected chi connectivity index (χ4v) is 4.30. The average Bonchev–Trinajstić information content (AvgIpc) is 3.22. The van der Waals surface area contributed by atoms with Crippen LogP contribution in [0, 0.1) is 13.8 Å². The van der Waals surface area contributed by atoms with Crippen molar-refractivity contribution in [2.45, 2.75) is 13.8 Å². The highest BCUT2D eigenvalue weighted by Gasteiger charge is 2.22. The molecule has 0 saturated heterocycles. The Labute approximate surface area is 214 Å². The van der Waals surface area contributed by atoms with Crippen molar-refractivity contribution < 1.29 is 4.79 Å². The standard InChI is InChI=1S/C30H24ClN3O2/c1-19-10-16-24(17-11-19)34-30(36)27(28(33-34)22-7-5-6-20(2)18-22)25-8-3-4-9-26(25)32-29(35)21-12-14-23(31)15-13-21/h3-18,33H,1-2H3,(H,32,35). The Morgan fingerprint density at radius 3 is 2.28 bits per heavy atom. The first-order valence-corrected chi connectivity index (χ1v) is 11.9. The molecule has 5 aromatic rings. The van der Waals surface area contributed by atoms with Crippen molar-refractivity contribution in [3.05, 3.63) is 129 Å². The van der Waals surface area contributed by atoms with E-state index in [9.17, 15) is 9.59 Å². The van der Waals surface area contributed by atoms with E-state index in [0.29, 0.717) is 33.1 Å². The van der Waals surface area contributed by atoms with Gasteiger partial charge in [0.2, 0.25) is 0 Å². The summed E-state index contributed by atoms with van der Waals surface area (Å²) in [6.45, 7) is 4.02. The molecule has 0 spiro atoms. The van der Waals surface area contributed by atoms with Crippen molar-refractivity contribution in [2.24, 2.45) is 0 Å². The number of aromatic nitrogens is 2. The number of amides is 1. The molecule has 36 heavy (non-hydrogen) atoms. The predicted molar refractivity (Wildman–Crippen MR) is 146 cm³/mol. The van der Waals surface area contributed by atoms with Crippen LogP contribution >= 0.6 is 11.6 Å². The van der Waals surface area contributed by atoms with Gasteiger partial charge in [-0.15, -0.1) is 0 Å². The molecule has 0 radical (unpaired) electrons. The van der Waals surface area contributed by atoms with Gasteiger partial charge < -0.3 is 5.32 Å². The van der Waals surface area contributed by atoms with Crippen LogP contribution in [0.4, 0.5) is 5.69 Å². The number of carbonyl (C=O) groups is 1. The van der Waals surface area contributed by atoms with Crippen LogP contribution in [-0.2, 0) is 0 Å². The lowest BCUT2D eigenvalue weighted by atomic mass is 9.99. The number of nitrogens with one attached hydrogen (secondary N) is 2. The number of hydrogen-bond donors (Lipinski definition) is 2. The molecular formula is C30H24ClN3O2. The molecule has 1 heterocycles. The average molecular weight is 494 g/mol. The maximum atomic E-state index is 13.9. The minimum Gasteiger partial charge on any atom is -0.321 e. The molecule has 4 aromatic carbocycles. The second-order valence-electron chi connectivity index (χ2n) is 8.71. The minimum absolute atomic E-state index is 0.205. The van der Waals surface area contributed by atoms with Gasteiger partial charge >= 0.3 is 0 Å². The molecule has 5 rings (SSSR count). The van der Waals surface area contributed by atoms with Crippen molar-refractivity contribution in [1.29, 1.82) is 0 Å². The van der Waals surface area contributed by atoms with Crippen LogP contribution in [-0.4, -0.2) is 15.7 Å². The summed E-state index contributed by atoms with van der Waals surface area (Å²) in [6.07, 6.45) is 0. The molecule has 2 N–H and O–H groups in total. The van der Waals surface area contributed by atoms with Gasteiger partial charge in [0, 0.05) is 27.4 Å². The summed E-state index contributed by atoms with van der Waals surface area (Å²) < 4.78 is 1.55. The van der Waals surface area contributed by atoms with Gasteiger partial charge in [0.1, 0.15) is 0 Å². The molecule has 0 saturated carbocycles. The summed E-state index contributed by atoms with van der Waals surface area (Å²) in [6, 6.07) is 29.7. The lowest BCUT2D eigenvalue weighted by Crippen LogP contribution is -2.17. The lowest BCUT2D eigenvalue weighted by Gasteiger charge is -2.11. The third kappa shape index (κ3) is 4.61. The molecule has 178 valence electrons. The minimum atomic E-state index is -0.286. The second kappa shape index (κ2) is 9.72. The van der Waals surface area contributed by atoms with Crippen molar-refractivity contribution in [1.82, 2.24) is 9.78 Å². The van der Waals surface area contributed by atoms with E-state index in [1.807, 2.05) is 80.6 Å². The summed E-state index contributed by atoms with van der Waals surface area (Å²) in [4.78, 5) is 26.9. The van der Waals surface area contributed by atoms with Gasteiger partial charge in [-0.3, -0.25) is 14.7 Å². The maximum absolute atomic E-state index is 13.9. The van der Waals surface area contributed by atoms with Crippen LogP contribution in [0.1, 0.15) is 21.5 Å². The zero-order valence-electron chi connectivity index (χ0n) is 19.9. The Morgan fingerprint density at radius 1 is 0.833 bits per heavy atom. The molecular weight excluding hydrogens is 470 g/mol. The number of para-hydroxylation sites is 1. The second-order valence-corrected chi connectivity index (χ2v) is 9.15. The Balaban J connectivity index is 1.67. The van der Waals surface area contributed by atoms with E-state index in [1.165, 1.54) is 0 Å². The Bertz CT molecular complexity index is 1610. The molecule has 0 fully saturated rings. The largest absolute Gasteiger partial charge is 0.321 e. The molecule has 1 amide bonds. The first-order valence-electron chi connectivity index (χ1n) is 11.6. The van der Waals surface area contributed by atoms with Crippen molar-refractivity contribution in [2.75, 3.05) is 5.32 Å². The van der Waals surface area contributed by atoms with Gasteiger partial charge in [-0.25, -0.2) is 4.68 Å². The van der Waals surface area contributed by atoms with Crippen molar-refractivity contribution >= 4 is 23.2 Å². The van der Waals surface area contributed by atoms with Crippen LogP contribution in [0.5, 0.6) is 0 Å². The number of aromatic amines is 1. The van der Waals surface area contributed by atoms with Gasteiger partial charge in [-0.05, 0) is 62.4 Å². The molecule has 1 aromatic heterocycles. The highest BCUT2D eigenvalue weighted by Crippen LogP contribution is 2.34. The summed E-state index contributed by atoms with van der Waals surface area (Å²) in [5.41, 5.74) is 6.38. The first-order chi connectivity index (χ1) is 17.4. The highest BCUT2D eigenvalue weighted by atomic mass is 35.5. The van der Waals surface area contributed by atoms with E-state index in [4.69, 9.17) is 11.6 Å². The normalized spacial score (nSPS) is 10.9. The molecule has 6 heteroatoms. The maximum Gasteiger partial charge on any atom is 0.279 e. The molecule has 0 bridgehead atoms. The third-order valence-corrected chi connectivity index (χ3v) is 6.29. The van der Waals surface area contributed by atoms with Gasteiger partial charge in [0.05, 0.1) is 16.9 Å².